The Morgan fingerprint density at radius 1 is 1.29 bits per heavy atom. The van der Waals surface area contributed by atoms with Crippen molar-refractivity contribution in [3.05, 3.63) is 34.9 Å². The fraction of sp³-hybridized carbons (Fsp3) is 0.680. The zero-order chi connectivity index (χ0) is 23.4. The number of carbonyl (C=O) groups is 2. The van der Waals surface area contributed by atoms with Gasteiger partial charge in [0, 0.05) is 30.6 Å². The summed E-state index contributed by atoms with van der Waals surface area (Å²) in [5.74, 6) is -1.55. The minimum atomic E-state index is -0.739. The maximum absolute atomic E-state index is 11.8. The summed E-state index contributed by atoms with van der Waals surface area (Å²) < 4.78 is 5.91. The molecule has 2 rings (SSSR count). The molecule has 174 valence electrons. The van der Waals surface area contributed by atoms with Crippen molar-refractivity contribution in [1.29, 1.82) is 0 Å². The molecule has 4 N–H and O–H groups in total. The van der Waals surface area contributed by atoms with Crippen LogP contribution in [0.15, 0.2) is 18.2 Å². The smallest absolute Gasteiger partial charge is 0.306 e. The number of amides is 1. The number of primary amides is 1. The third kappa shape index (κ3) is 5.66. The molecule has 0 spiro atoms. The molecule has 0 saturated carbocycles. The van der Waals surface area contributed by atoms with Crippen LogP contribution >= 0.6 is 0 Å². The molecule has 1 amide bonds. The summed E-state index contributed by atoms with van der Waals surface area (Å²) >= 11 is 0. The molecular weight excluding hydrogens is 392 g/mol. The normalized spacial score (nSPS) is 21.4. The second-order valence-electron chi connectivity index (χ2n) is 10.1. The minimum absolute atomic E-state index is 0.0206. The summed E-state index contributed by atoms with van der Waals surface area (Å²) in [6.45, 7) is 11.2. The molecule has 0 radical (unpaired) electrons. The van der Waals surface area contributed by atoms with Crippen LogP contribution in [-0.4, -0.2) is 42.8 Å². The number of hydrogen-bond acceptors (Lipinski definition) is 4. The van der Waals surface area contributed by atoms with Gasteiger partial charge in [0.15, 0.2) is 0 Å². The van der Waals surface area contributed by atoms with Crippen molar-refractivity contribution < 1.29 is 19.4 Å². The van der Waals surface area contributed by atoms with Crippen molar-refractivity contribution in [2.75, 3.05) is 13.7 Å². The maximum Gasteiger partial charge on any atom is 0.306 e. The average molecular weight is 433 g/mol. The molecule has 0 aliphatic heterocycles. The van der Waals surface area contributed by atoms with E-state index in [1.807, 2.05) is 12.1 Å². The Balaban J connectivity index is 2.32. The van der Waals surface area contributed by atoms with Gasteiger partial charge in [-0.25, -0.2) is 0 Å². The Hall–Kier alpha value is -1.92. The van der Waals surface area contributed by atoms with Crippen LogP contribution in [0.5, 0.6) is 0 Å². The molecule has 3 atom stereocenters. The van der Waals surface area contributed by atoms with Gasteiger partial charge in [0.05, 0.1) is 12.0 Å². The van der Waals surface area contributed by atoms with Crippen LogP contribution in [0.2, 0.25) is 0 Å². The number of rotatable bonds is 10. The molecule has 31 heavy (non-hydrogen) atoms. The molecule has 0 saturated heterocycles. The highest BCUT2D eigenvalue weighted by atomic mass is 16.5. The highest BCUT2D eigenvalue weighted by Gasteiger charge is 2.46. The molecule has 6 nitrogen and oxygen atoms in total. The quantitative estimate of drug-likeness (QED) is 0.520. The highest BCUT2D eigenvalue weighted by Crippen LogP contribution is 2.44. The summed E-state index contributed by atoms with van der Waals surface area (Å²) in [6.07, 6.45) is 3.67. The van der Waals surface area contributed by atoms with E-state index in [-0.39, 0.29) is 28.9 Å². The lowest BCUT2D eigenvalue weighted by atomic mass is 9.62. The maximum atomic E-state index is 11.8. The average Bonchev–Trinajstić information content (AvgIpc) is 2.70. The Bertz CT molecular complexity index is 780. The first-order chi connectivity index (χ1) is 14.5. The molecule has 1 aromatic carbocycles. The van der Waals surface area contributed by atoms with E-state index in [0.717, 1.165) is 24.8 Å². The second kappa shape index (κ2) is 10.1. The van der Waals surface area contributed by atoms with Gasteiger partial charge in [0.2, 0.25) is 5.91 Å². The zero-order valence-electron chi connectivity index (χ0n) is 20.0. The predicted molar refractivity (Wildman–Crippen MR) is 123 cm³/mol. The van der Waals surface area contributed by atoms with Gasteiger partial charge in [0.1, 0.15) is 0 Å². The largest absolute Gasteiger partial charge is 0.481 e. The van der Waals surface area contributed by atoms with Crippen molar-refractivity contribution in [2.45, 2.75) is 84.3 Å². The monoisotopic (exact) mass is 432 g/mol. The molecule has 1 aliphatic rings. The number of carboxylic acids is 1. The van der Waals surface area contributed by atoms with Crippen LogP contribution in [0.25, 0.3) is 0 Å². The standard InChI is InChI=1S/C25H40N2O4/c1-7-25(8-2)19-13-17(22(26)28)10-9-16(19)14-20(31-6)21(25)27-12-11-18(23(29)30)15-24(3,4)5/h9-10,13,18,20-21,27H,7-8,11-12,14-15H2,1-6H3,(H2,26,28)(H,29,30)/t18-,20-,21+/m0/s1. The minimum Gasteiger partial charge on any atom is -0.481 e. The number of nitrogens with two attached hydrogens (primary N) is 1. The summed E-state index contributed by atoms with van der Waals surface area (Å²) in [4.78, 5) is 23.6. The zero-order valence-corrected chi connectivity index (χ0v) is 20.0. The number of fused-ring (bicyclic) bond motifs is 1. The Kier molecular flexibility index (Phi) is 8.28. The fourth-order valence-electron chi connectivity index (χ4n) is 5.31. The molecule has 6 heteroatoms. The first kappa shape index (κ1) is 25.3. The predicted octanol–water partition coefficient (Wildman–Crippen LogP) is 3.90. The fourth-order valence-corrected chi connectivity index (χ4v) is 5.31. The molecule has 0 heterocycles. The van der Waals surface area contributed by atoms with Crippen LogP contribution in [0, 0.1) is 11.3 Å². The van der Waals surface area contributed by atoms with Gasteiger partial charge >= 0.3 is 5.97 Å². The van der Waals surface area contributed by atoms with Crippen LogP contribution < -0.4 is 11.1 Å². The van der Waals surface area contributed by atoms with Gasteiger partial charge in [-0.15, -0.1) is 0 Å². The number of methoxy groups -OCH3 is 1. The van der Waals surface area contributed by atoms with Crippen molar-refractivity contribution in [3.63, 3.8) is 0 Å². The molecule has 1 aliphatic carbocycles. The van der Waals surface area contributed by atoms with Gasteiger partial charge in [-0.3, -0.25) is 9.59 Å². The SMILES string of the molecule is CCC1(CC)c2cc(C(N)=O)ccc2C[C@H](OC)[C@H]1NCC[C@@H](CC(C)(C)C)C(=O)O. The Labute approximate surface area is 186 Å². The molecule has 0 fully saturated rings. The summed E-state index contributed by atoms with van der Waals surface area (Å²) in [7, 11) is 1.73. The van der Waals surface area contributed by atoms with Gasteiger partial charge in [-0.2, -0.15) is 0 Å². The number of nitrogens with one attached hydrogen (secondary N) is 1. The molecular formula is C25H40N2O4. The number of carboxylic acid groups (broad SMARTS) is 1. The van der Waals surface area contributed by atoms with E-state index in [1.165, 1.54) is 5.56 Å². The first-order valence-electron chi connectivity index (χ1n) is 11.4. The molecule has 1 aromatic rings. The van der Waals surface area contributed by atoms with Crippen molar-refractivity contribution in [3.8, 4) is 0 Å². The third-order valence-corrected chi connectivity index (χ3v) is 6.95. The van der Waals surface area contributed by atoms with Gasteiger partial charge in [-0.1, -0.05) is 40.7 Å². The topological polar surface area (TPSA) is 102 Å². The molecule has 0 aromatic heterocycles. The van der Waals surface area contributed by atoms with Crippen LogP contribution in [-0.2, 0) is 21.4 Å². The lowest BCUT2D eigenvalue weighted by Crippen LogP contribution is -2.59. The van der Waals surface area contributed by atoms with E-state index in [2.05, 4.69) is 39.9 Å². The number of carbonyl (C=O) groups excluding carboxylic acids is 1. The van der Waals surface area contributed by atoms with Crippen LogP contribution in [0.4, 0.5) is 0 Å². The van der Waals surface area contributed by atoms with Gasteiger partial charge < -0.3 is 20.9 Å². The van der Waals surface area contributed by atoms with Crippen LogP contribution in [0.1, 0.15) is 81.8 Å². The van der Waals surface area contributed by atoms with E-state index in [4.69, 9.17) is 10.5 Å². The second-order valence-corrected chi connectivity index (χ2v) is 10.1. The van der Waals surface area contributed by atoms with Crippen molar-refractivity contribution in [1.82, 2.24) is 5.32 Å². The van der Waals surface area contributed by atoms with E-state index < -0.39 is 11.9 Å². The Morgan fingerprint density at radius 3 is 2.42 bits per heavy atom. The van der Waals surface area contributed by atoms with Gasteiger partial charge in [-0.05, 0) is 60.9 Å². The van der Waals surface area contributed by atoms with E-state index in [1.54, 1.807) is 13.2 Å². The van der Waals surface area contributed by atoms with Gasteiger partial charge in [0.25, 0.3) is 0 Å². The lowest BCUT2D eigenvalue weighted by molar-refractivity contribution is -0.143. The summed E-state index contributed by atoms with van der Waals surface area (Å²) in [6, 6.07) is 5.76. The van der Waals surface area contributed by atoms with E-state index in [9.17, 15) is 14.7 Å². The van der Waals surface area contributed by atoms with E-state index in [0.29, 0.717) is 24.9 Å². The van der Waals surface area contributed by atoms with Crippen LogP contribution in [0.3, 0.4) is 0 Å². The van der Waals surface area contributed by atoms with E-state index >= 15 is 0 Å². The summed E-state index contributed by atoms with van der Waals surface area (Å²) in [5.41, 5.74) is 8.18. The Morgan fingerprint density at radius 2 is 1.94 bits per heavy atom. The molecule has 0 bridgehead atoms. The first-order valence-corrected chi connectivity index (χ1v) is 11.4. The molecule has 0 unspecified atom stereocenters. The summed E-state index contributed by atoms with van der Waals surface area (Å²) in [5, 5.41) is 13.4. The lowest BCUT2D eigenvalue weighted by Gasteiger charge is -2.49. The number of aliphatic carboxylic acids is 1. The number of hydrogen-bond donors (Lipinski definition) is 3. The number of ether oxygens (including phenoxy) is 1. The van der Waals surface area contributed by atoms with Crippen molar-refractivity contribution >= 4 is 11.9 Å². The highest BCUT2D eigenvalue weighted by molar-refractivity contribution is 5.93. The third-order valence-electron chi connectivity index (χ3n) is 6.95. The number of benzene rings is 1. The van der Waals surface area contributed by atoms with Crippen molar-refractivity contribution in [2.24, 2.45) is 17.1 Å².